The van der Waals surface area contributed by atoms with Crippen molar-refractivity contribution in [1.82, 2.24) is 5.32 Å². The topological polar surface area (TPSA) is 49.3 Å². The van der Waals surface area contributed by atoms with Crippen LogP contribution in [0.2, 0.25) is 0 Å². The second-order valence-electron chi connectivity index (χ2n) is 2.68. The van der Waals surface area contributed by atoms with Crippen molar-refractivity contribution in [2.75, 3.05) is 13.1 Å². The van der Waals surface area contributed by atoms with E-state index in [2.05, 4.69) is 0 Å². The molecule has 0 rings (SSSR count). The first-order chi connectivity index (χ1) is 6.54. The zero-order chi connectivity index (χ0) is 12.3. The zero-order valence-electron chi connectivity index (χ0n) is 7.11. The standard InChI is InChI=1S/C6H7F6NO2/c7-5(8,9)2-13-1-3(4(14)15)6(10,11)12/h3,13H,1-2H2,(H,14,15). The molecule has 0 radical (unpaired) electrons. The van der Waals surface area contributed by atoms with Gasteiger partial charge in [0.1, 0.15) is 0 Å². The summed E-state index contributed by atoms with van der Waals surface area (Å²) in [5, 5.41) is 9.48. The van der Waals surface area contributed by atoms with Crippen LogP contribution in [0.15, 0.2) is 0 Å². The van der Waals surface area contributed by atoms with Gasteiger partial charge in [0.15, 0.2) is 5.92 Å². The van der Waals surface area contributed by atoms with Crippen molar-refractivity contribution in [2.24, 2.45) is 5.92 Å². The highest BCUT2D eigenvalue weighted by Gasteiger charge is 2.45. The van der Waals surface area contributed by atoms with E-state index in [9.17, 15) is 31.1 Å². The summed E-state index contributed by atoms with van der Waals surface area (Å²) in [7, 11) is 0. The Morgan fingerprint density at radius 2 is 1.67 bits per heavy atom. The average molecular weight is 239 g/mol. The van der Waals surface area contributed by atoms with Gasteiger partial charge < -0.3 is 10.4 Å². The number of rotatable bonds is 4. The third-order valence-electron chi connectivity index (χ3n) is 1.37. The SMILES string of the molecule is O=C(O)C(CNCC(F)(F)F)C(F)(F)F. The van der Waals surface area contributed by atoms with E-state index in [1.165, 1.54) is 5.32 Å². The molecule has 0 saturated heterocycles. The summed E-state index contributed by atoms with van der Waals surface area (Å²) >= 11 is 0. The minimum Gasteiger partial charge on any atom is -0.481 e. The van der Waals surface area contributed by atoms with Crippen molar-refractivity contribution >= 4 is 5.97 Å². The van der Waals surface area contributed by atoms with E-state index in [4.69, 9.17) is 5.11 Å². The predicted molar refractivity (Wildman–Crippen MR) is 36.1 cm³/mol. The third-order valence-corrected chi connectivity index (χ3v) is 1.37. The maximum atomic E-state index is 11.9. The predicted octanol–water partition coefficient (Wildman–Crippen LogP) is 1.40. The van der Waals surface area contributed by atoms with Crippen LogP contribution in [-0.4, -0.2) is 36.5 Å². The smallest absolute Gasteiger partial charge is 0.403 e. The molecule has 0 fully saturated rings. The van der Waals surface area contributed by atoms with Gasteiger partial charge in [-0.25, -0.2) is 0 Å². The zero-order valence-corrected chi connectivity index (χ0v) is 7.11. The lowest BCUT2D eigenvalue weighted by Gasteiger charge is -2.17. The van der Waals surface area contributed by atoms with Gasteiger partial charge in [-0.1, -0.05) is 0 Å². The van der Waals surface area contributed by atoms with Crippen molar-refractivity contribution in [2.45, 2.75) is 12.4 Å². The fourth-order valence-electron chi connectivity index (χ4n) is 0.701. The van der Waals surface area contributed by atoms with Crippen LogP contribution in [0.5, 0.6) is 0 Å². The minimum absolute atomic E-state index is 1.31. The molecule has 15 heavy (non-hydrogen) atoms. The molecule has 0 spiro atoms. The fourth-order valence-corrected chi connectivity index (χ4v) is 0.701. The summed E-state index contributed by atoms with van der Waals surface area (Å²) in [6.07, 6.45) is -9.74. The Balaban J connectivity index is 4.17. The fraction of sp³-hybridized carbons (Fsp3) is 0.833. The first kappa shape index (κ1) is 14.0. The Kier molecular flexibility index (Phi) is 4.38. The minimum atomic E-state index is -5.07. The molecule has 1 unspecified atom stereocenters. The molecule has 9 heteroatoms. The van der Waals surface area contributed by atoms with Crippen molar-refractivity contribution in [3.63, 3.8) is 0 Å². The lowest BCUT2D eigenvalue weighted by molar-refractivity contribution is -0.194. The van der Waals surface area contributed by atoms with Gasteiger partial charge in [-0.3, -0.25) is 4.79 Å². The summed E-state index contributed by atoms with van der Waals surface area (Å²) in [6, 6.07) is 0. The van der Waals surface area contributed by atoms with Crippen molar-refractivity contribution in [3.05, 3.63) is 0 Å². The quantitative estimate of drug-likeness (QED) is 0.729. The second-order valence-corrected chi connectivity index (χ2v) is 2.68. The van der Waals surface area contributed by atoms with Crippen molar-refractivity contribution < 1.29 is 36.2 Å². The van der Waals surface area contributed by atoms with E-state index < -0.39 is 37.3 Å². The molecule has 0 heterocycles. The van der Waals surface area contributed by atoms with E-state index >= 15 is 0 Å². The average Bonchev–Trinajstić information content (AvgIpc) is 1.92. The summed E-state index contributed by atoms with van der Waals surface area (Å²) < 4.78 is 70.2. The van der Waals surface area contributed by atoms with E-state index in [0.29, 0.717) is 0 Å². The molecule has 0 aliphatic rings. The molecule has 0 saturated carbocycles. The molecule has 0 bridgehead atoms. The molecule has 3 nitrogen and oxygen atoms in total. The van der Waals surface area contributed by atoms with Crippen LogP contribution < -0.4 is 5.32 Å². The number of halogens is 6. The molecular formula is C6H7F6NO2. The molecule has 0 aliphatic carbocycles. The number of hydrogen-bond acceptors (Lipinski definition) is 2. The molecule has 0 amide bonds. The Bertz CT molecular complexity index is 223. The van der Waals surface area contributed by atoms with Crippen LogP contribution in [0.4, 0.5) is 26.3 Å². The molecule has 1 atom stereocenters. The Morgan fingerprint density at radius 1 is 1.20 bits per heavy atom. The third kappa shape index (κ3) is 6.15. The first-order valence-electron chi connectivity index (χ1n) is 3.61. The van der Waals surface area contributed by atoms with Gasteiger partial charge in [0, 0.05) is 6.54 Å². The molecule has 2 N–H and O–H groups in total. The van der Waals surface area contributed by atoms with Crippen LogP contribution in [0.25, 0.3) is 0 Å². The highest BCUT2D eigenvalue weighted by atomic mass is 19.4. The molecule has 0 aromatic carbocycles. The summed E-state index contributed by atoms with van der Waals surface area (Å²) in [4.78, 5) is 10.1. The largest absolute Gasteiger partial charge is 0.481 e. The summed E-state index contributed by atoms with van der Waals surface area (Å²) in [5.41, 5.74) is 0. The van der Waals surface area contributed by atoms with Crippen molar-refractivity contribution in [1.29, 1.82) is 0 Å². The Hall–Kier alpha value is -0.990. The van der Waals surface area contributed by atoms with Crippen LogP contribution >= 0.6 is 0 Å². The van der Waals surface area contributed by atoms with E-state index in [-0.39, 0.29) is 0 Å². The van der Waals surface area contributed by atoms with Crippen molar-refractivity contribution in [3.8, 4) is 0 Å². The second kappa shape index (κ2) is 4.69. The van der Waals surface area contributed by atoms with Gasteiger partial charge in [0.25, 0.3) is 0 Å². The van der Waals surface area contributed by atoms with Gasteiger partial charge >= 0.3 is 18.3 Å². The van der Waals surface area contributed by atoms with Crippen LogP contribution in [-0.2, 0) is 4.79 Å². The number of aliphatic carboxylic acids is 1. The highest BCUT2D eigenvalue weighted by Crippen LogP contribution is 2.26. The number of carboxylic acids is 1. The summed E-state index contributed by atoms with van der Waals surface area (Å²) in [6.45, 7) is -2.97. The number of hydrogen-bond donors (Lipinski definition) is 2. The highest BCUT2D eigenvalue weighted by molar-refractivity contribution is 5.71. The number of carboxylic acid groups (broad SMARTS) is 1. The molecule has 90 valence electrons. The lowest BCUT2D eigenvalue weighted by Crippen LogP contribution is -2.41. The molecule has 0 aromatic rings. The van der Waals surface area contributed by atoms with Gasteiger partial charge in [0.2, 0.25) is 0 Å². The number of alkyl halides is 6. The Labute approximate surface area is 80.1 Å². The van der Waals surface area contributed by atoms with Gasteiger partial charge in [-0.15, -0.1) is 0 Å². The van der Waals surface area contributed by atoms with Crippen LogP contribution in [0, 0.1) is 5.92 Å². The summed E-state index contributed by atoms with van der Waals surface area (Å²) in [5.74, 6) is -5.04. The van der Waals surface area contributed by atoms with Gasteiger partial charge in [0.05, 0.1) is 6.54 Å². The van der Waals surface area contributed by atoms with E-state index in [0.717, 1.165) is 0 Å². The first-order valence-corrected chi connectivity index (χ1v) is 3.61. The van der Waals surface area contributed by atoms with E-state index in [1.54, 1.807) is 0 Å². The lowest BCUT2D eigenvalue weighted by atomic mass is 10.1. The number of carbonyl (C=O) groups is 1. The maximum Gasteiger partial charge on any atom is 0.403 e. The van der Waals surface area contributed by atoms with E-state index in [1.807, 2.05) is 0 Å². The molecule has 0 aliphatic heterocycles. The monoisotopic (exact) mass is 239 g/mol. The van der Waals surface area contributed by atoms with Crippen LogP contribution in [0.3, 0.4) is 0 Å². The molecule has 0 aromatic heterocycles. The maximum absolute atomic E-state index is 11.9. The Morgan fingerprint density at radius 3 is 1.93 bits per heavy atom. The normalized spacial score (nSPS) is 15.1. The van der Waals surface area contributed by atoms with Gasteiger partial charge in [-0.2, -0.15) is 26.3 Å². The number of nitrogens with one attached hydrogen (secondary N) is 1. The van der Waals surface area contributed by atoms with Crippen LogP contribution in [0.1, 0.15) is 0 Å². The van der Waals surface area contributed by atoms with Gasteiger partial charge in [-0.05, 0) is 0 Å². The molecular weight excluding hydrogens is 232 g/mol.